The van der Waals surface area contributed by atoms with Crippen LogP contribution in [0.5, 0.6) is 11.5 Å². The van der Waals surface area contributed by atoms with Gasteiger partial charge in [-0.25, -0.2) is 4.79 Å². The largest absolute Gasteiger partial charge is 0.478 e. The number of carboxylic acids is 1. The molecule has 1 amide bonds. The number of carboxylic acid groups (broad SMARTS) is 1. The van der Waals surface area contributed by atoms with Crippen LogP contribution >= 0.6 is 0 Å². The Labute approximate surface area is 201 Å². The number of rotatable bonds is 4. The first-order valence-electron chi connectivity index (χ1n) is 11.4. The first kappa shape index (κ1) is 21.0. The van der Waals surface area contributed by atoms with Crippen LogP contribution in [0.3, 0.4) is 0 Å². The predicted molar refractivity (Wildman–Crippen MR) is 131 cm³/mol. The smallest absolute Gasteiger partial charge is 0.336 e. The average Bonchev–Trinajstić information content (AvgIpc) is 3.50. The lowest BCUT2D eigenvalue weighted by Gasteiger charge is -2.35. The number of para-hydroxylation sites is 1. The van der Waals surface area contributed by atoms with E-state index in [9.17, 15) is 14.7 Å². The molecular weight excluding hydrogens is 444 g/mol. The lowest BCUT2D eigenvalue weighted by molar-refractivity contribution is -0.128. The molecule has 3 heterocycles. The summed E-state index contributed by atoms with van der Waals surface area (Å²) < 4.78 is 11.1. The van der Waals surface area contributed by atoms with Crippen LogP contribution in [0, 0.1) is 0 Å². The number of benzene rings is 3. The third-order valence-corrected chi connectivity index (χ3v) is 6.63. The minimum Gasteiger partial charge on any atom is -0.478 e. The van der Waals surface area contributed by atoms with E-state index in [0.29, 0.717) is 30.0 Å². The minimum absolute atomic E-state index is 0.153. The molecule has 3 aromatic carbocycles. The number of hydrogen-bond acceptors (Lipinski definition) is 4. The highest BCUT2D eigenvalue weighted by Crippen LogP contribution is 2.42. The van der Waals surface area contributed by atoms with Crippen LogP contribution in [-0.4, -0.2) is 40.2 Å². The van der Waals surface area contributed by atoms with E-state index in [2.05, 4.69) is 11.1 Å². The molecule has 0 bridgehead atoms. The van der Waals surface area contributed by atoms with E-state index >= 15 is 0 Å². The highest BCUT2D eigenvalue weighted by Gasteiger charge is 2.34. The monoisotopic (exact) mass is 466 g/mol. The van der Waals surface area contributed by atoms with Crippen molar-refractivity contribution in [2.75, 3.05) is 13.3 Å². The number of nitrogens with zero attached hydrogens (tertiary/aromatic N) is 1. The molecule has 0 saturated carbocycles. The maximum Gasteiger partial charge on any atom is 0.336 e. The normalized spacial score (nSPS) is 16.6. The van der Waals surface area contributed by atoms with Gasteiger partial charge in [-0.15, -0.1) is 0 Å². The van der Waals surface area contributed by atoms with Gasteiger partial charge in [-0.1, -0.05) is 42.5 Å². The van der Waals surface area contributed by atoms with Crippen LogP contribution in [0.15, 0.2) is 72.8 Å². The molecule has 7 nitrogen and oxygen atoms in total. The molecule has 2 N–H and O–H groups in total. The molecule has 0 radical (unpaired) electrons. The highest BCUT2D eigenvalue weighted by molar-refractivity contribution is 5.97. The summed E-state index contributed by atoms with van der Waals surface area (Å²) in [6.45, 7) is 0.702. The number of aromatic carboxylic acids is 1. The Hall–Kier alpha value is -4.52. The molecule has 7 heteroatoms. The van der Waals surface area contributed by atoms with Crippen molar-refractivity contribution in [2.45, 2.75) is 12.5 Å². The molecule has 1 unspecified atom stereocenters. The van der Waals surface area contributed by atoms with Gasteiger partial charge in [0.1, 0.15) is 0 Å². The summed E-state index contributed by atoms with van der Waals surface area (Å²) in [4.78, 5) is 30.4. The highest BCUT2D eigenvalue weighted by atomic mass is 16.7. The maximum atomic E-state index is 13.5. The van der Waals surface area contributed by atoms with Gasteiger partial charge in [0.05, 0.1) is 11.6 Å². The topological polar surface area (TPSA) is 91.9 Å². The average molecular weight is 466 g/mol. The van der Waals surface area contributed by atoms with Crippen molar-refractivity contribution in [2.24, 2.45) is 0 Å². The lowest BCUT2D eigenvalue weighted by atomic mass is 9.92. The predicted octanol–water partition coefficient (Wildman–Crippen LogP) is 4.78. The van der Waals surface area contributed by atoms with Gasteiger partial charge >= 0.3 is 5.97 Å². The van der Waals surface area contributed by atoms with Crippen LogP contribution < -0.4 is 9.47 Å². The zero-order chi connectivity index (χ0) is 23.9. The van der Waals surface area contributed by atoms with E-state index in [-0.39, 0.29) is 24.3 Å². The molecule has 1 aromatic heterocycles. The van der Waals surface area contributed by atoms with Gasteiger partial charge in [-0.05, 0) is 53.5 Å². The Bertz CT molecular complexity index is 1500. The van der Waals surface area contributed by atoms with Crippen molar-refractivity contribution < 1.29 is 24.2 Å². The van der Waals surface area contributed by atoms with Gasteiger partial charge in [-0.2, -0.15) is 0 Å². The summed E-state index contributed by atoms with van der Waals surface area (Å²) in [6, 6.07) is 20.2. The molecule has 4 aromatic rings. The van der Waals surface area contributed by atoms with E-state index in [1.54, 1.807) is 24.3 Å². The Kier molecular flexibility index (Phi) is 5.03. The Balaban J connectivity index is 1.42. The fourth-order valence-electron chi connectivity index (χ4n) is 5.00. The van der Waals surface area contributed by atoms with Gasteiger partial charge in [0, 0.05) is 29.2 Å². The molecule has 2 aliphatic rings. The minimum atomic E-state index is -1.03. The summed E-state index contributed by atoms with van der Waals surface area (Å²) in [5.41, 5.74) is 4.76. The number of fused-ring (bicyclic) bond motifs is 4. The summed E-state index contributed by atoms with van der Waals surface area (Å²) >= 11 is 0. The number of H-pyrrole nitrogens is 1. The van der Waals surface area contributed by atoms with Crippen molar-refractivity contribution >= 4 is 28.9 Å². The van der Waals surface area contributed by atoms with Crippen LogP contribution in [0.2, 0.25) is 0 Å². The number of carbonyl (C=O) groups is 2. The molecule has 35 heavy (non-hydrogen) atoms. The zero-order valence-electron chi connectivity index (χ0n) is 18.7. The molecule has 174 valence electrons. The summed E-state index contributed by atoms with van der Waals surface area (Å²) in [5, 5.41) is 10.6. The second-order valence-corrected chi connectivity index (χ2v) is 8.59. The van der Waals surface area contributed by atoms with Crippen LogP contribution in [0.25, 0.3) is 17.0 Å². The van der Waals surface area contributed by atoms with Crippen molar-refractivity contribution in [3.05, 3.63) is 101 Å². The van der Waals surface area contributed by atoms with Gasteiger partial charge in [0.15, 0.2) is 11.5 Å². The van der Waals surface area contributed by atoms with Crippen molar-refractivity contribution in [3.8, 4) is 11.5 Å². The van der Waals surface area contributed by atoms with E-state index in [1.165, 1.54) is 17.7 Å². The molecule has 6 rings (SSSR count). The van der Waals surface area contributed by atoms with E-state index < -0.39 is 5.97 Å². The standard InChI is InChI=1S/C28H22N2O5/c31-25(12-10-17-5-1-2-6-19(17)28(32)33)30-14-13-21-20-7-3-4-8-22(20)29-26(21)27(30)18-9-11-23-24(15-18)35-16-34-23/h1-12,15,27,29H,13-14,16H2,(H,32,33). The van der Waals surface area contributed by atoms with E-state index in [4.69, 9.17) is 9.47 Å². The molecule has 0 fully saturated rings. The number of aromatic nitrogens is 1. The molecular formula is C28H22N2O5. The molecule has 0 aliphatic carbocycles. The third kappa shape index (κ3) is 3.61. The number of nitrogens with one attached hydrogen (secondary N) is 1. The van der Waals surface area contributed by atoms with E-state index in [0.717, 1.165) is 22.2 Å². The Morgan fingerprint density at radius 3 is 2.69 bits per heavy atom. The fraction of sp³-hybridized carbons (Fsp3) is 0.143. The van der Waals surface area contributed by atoms with Gasteiger partial charge in [0.2, 0.25) is 12.7 Å². The van der Waals surface area contributed by atoms with Crippen molar-refractivity contribution in [3.63, 3.8) is 0 Å². The quantitative estimate of drug-likeness (QED) is 0.422. The Morgan fingerprint density at radius 1 is 1.00 bits per heavy atom. The van der Waals surface area contributed by atoms with Crippen LogP contribution in [0.1, 0.15) is 38.8 Å². The Morgan fingerprint density at radius 2 is 1.80 bits per heavy atom. The summed E-state index contributed by atoms with van der Waals surface area (Å²) in [7, 11) is 0. The second kappa shape index (κ2) is 8.36. The summed E-state index contributed by atoms with van der Waals surface area (Å²) in [5.74, 6) is 0.113. The second-order valence-electron chi connectivity index (χ2n) is 8.59. The third-order valence-electron chi connectivity index (χ3n) is 6.63. The molecule has 2 aliphatic heterocycles. The molecule has 0 saturated heterocycles. The lowest BCUT2D eigenvalue weighted by Crippen LogP contribution is -2.39. The van der Waals surface area contributed by atoms with Gasteiger partial charge < -0.3 is 24.5 Å². The van der Waals surface area contributed by atoms with Crippen LogP contribution in [-0.2, 0) is 11.2 Å². The van der Waals surface area contributed by atoms with Crippen molar-refractivity contribution in [1.82, 2.24) is 9.88 Å². The number of aromatic amines is 1. The first-order chi connectivity index (χ1) is 17.1. The zero-order valence-corrected chi connectivity index (χ0v) is 18.7. The molecule has 1 atom stereocenters. The molecule has 0 spiro atoms. The van der Waals surface area contributed by atoms with Gasteiger partial charge in [-0.3, -0.25) is 4.79 Å². The van der Waals surface area contributed by atoms with E-state index in [1.807, 2.05) is 41.3 Å². The van der Waals surface area contributed by atoms with Gasteiger partial charge in [0.25, 0.3) is 0 Å². The van der Waals surface area contributed by atoms with Crippen LogP contribution in [0.4, 0.5) is 0 Å². The number of hydrogen-bond donors (Lipinski definition) is 2. The fourth-order valence-corrected chi connectivity index (χ4v) is 5.00. The number of ether oxygens (including phenoxy) is 2. The van der Waals surface area contributed by atoms with Crippen molar-refractivity contribution in [1.29, 1.82) is 0 Å². The first-order valence-corrected chi connectivity index (χ1v) is 11.4. The maximum absolute atomic E-state index is 13.5. The number of carbonyl (C=O) groups excluding carboxylic acids is 1. The summed E-state index contributed by atoms with van der Waals surface area (Å²) in [6.07, 6.45) is 3.74. The number of amides is 1. The SMILES string of the molecule is O=C(O)c1ccccc1C=CC(=O)N1CCc2c([nH]c3ccccc23)C1c1ccc2c(c1)OCO2.